The van der Waals surface area contributed by atoms with Crippen LogP contribution in [0.1, 0.15) is 43.0 Å². The molecular formula is C55H42N2. The van der Waals surface area contributed by atoms with Crippen LogP contribution < -0.4 is 0 Å². The Balaban J connectivity index is 0.00000195. The monoisotopic (exact) mass is 730 g/mol. The molecule has 1 aliphatic carbocycles. The molecule has 2 nitrogen and oxygen atoms in total. The van der Waals surface area contributed by atoms with E-state index < -0.39 is 0 Å². The second kappa shape index (κ2) is 13.8. The highest BCUT2D eigenvalue weighted by molar-refractivity contribution is 6.26. The highest BCUT2D eigenvalue weighted by atomic mass is 15.0. The van der Waals surface area contributed by atoms with Gasteiger partial charge in [-0.05, 0) is 117 Å². The van der Waals surface area contributed by atoms with Crippen LogP contribution in [0.4, 0.5) is 0 Å². The minimum Gasteiger partial charge on any atom is -0.309 e. The topological polar surface area (TPSA) is 9.86 Å². The van der Waals surface area contributed by atoms with Crippen LogP contribution in [-0.4, -0.2) is 9.13 Å². The largest absolute Gasteiger partial charge is 0.309 e. The number of allylic oxidation sites excluding steroid dienone is 5. The molecule has 1 aliphatic rings. The van der Waals surface area contributed by atoms with Crippen molar-refractivity contribution in [2.24, 2.45) is 0 Å². The number of benzene rings is 8. The van der Waals surface area contributed by atoms with E-state index in [1.807, 2.05) is 13.8 Å². The molecule has 0 spiro atoms. The first-order chi connectivity index (χ1) is 28.1. The van der Waals surface area contributed by atoms with Crippen molar-refractivity contribution in [1.82, 2.24) is 9.13 Å². The average molecular weight is 731 g/mol. The van der Waals surface area contributed by atoms with Crippen molar-refractivity contribution in [2.45, 2.75) is 20.8 Å². The van der Waals surface area contributed by atoms with Gasteiger partial charge in [-0.25, -0.2) is 0 Å². The lowest BCUT2D eigenvalue weighted by atomic mass is 9.89. The summed E-state index contributed by atoms with van der Waals surface area (Å²) in [6.45, 7) is 10.9. The maximum Gasteiger partial charge on any atom is 0.0542 e. The van der Waals surface area contributed by atoms with Crippen molar-refractivity contribution < 1.29 is 0 Å². The van der Waals surface area contributed by atoms with E-state index in [9.17, 15) is 0 Å². The van der Waals surface area contributed by atoms with Gasteiger partial charge in [-0.1, -0.05) is 154 Å². The number of aromatic nitrogens is 2. The third-order valence-electron chi connectivity index (χ3n) is 11.6. The molecule has 0 aliphatic heterocycles. The Bertz CT molecular complexity index is 3220. The molecule has 0 fully saturated rings. The Morgan fingerprint density at radius 3 is 1.61 bits per heavy atom. The lowest BCUT2D eigenvalue weighted by Gasteiger charge is -2.17. The van der Waals surface area contributed by atoms with E-state index in [1.165, 1.54) is 82.2 Å². The fourth-order valence-corrected chi connectivity index (χ4v) is 9.15. The molecule has 0 radical (unpaired) electrons. The van der Waals surface area contributed by atoms with Crippen molar-refractivity contribution in [3.05, 3.63) is 217 Å². The number of nitrogens with zero attached hydrogens (tertiary/aromatic N) is 2. The van der Waals surface area contributed by atoms with E-state index in [4.69, 9.17) is 0 Å². The molecule has 11 rings (SSSR count). The normalized spacial score (nSPS) is 12.6. The van der Waals surface area contributed by atoms with Gasteiger partial charge in [-0.3, -0.25) is 0 Å². The SMILES string of the molecule is C=C(/C=C(\C1=C(C)c2cccc3cccc1c23)c1cccc(-n2c3ccccc3c3cc(-n4c5ccccc5c5ccccc54)ccc32)c1)c1ccccc1.CC. The maximum atomic E-state index is 4.60. The Morgan fingerprint density at radius 1 is 0.456 bits per heavy atom. The number of fused-ring (bicyclic) bond motifs is 6. The number of hydrogen-bond donors (Lipinski definition) is 0. The van der Waals surface area contributed by atoms with Gasteiger partial charge in [0.05, 0.1) is 22.1 Å². The van der Waals surface area contributed by atoms with Crippen LogP contribution in [0.25, 0.3) is 88.1 Å². The van der Waals surface area contributed by atoms with Crippen LogP contribution >= 0.6 is 0 Å². The Hall–Kier alpha value is -7.16. The van der Waals surface area contributed by atoms with Gasteiger partial charge in [0.15, 0.2) is 0 Å². The van der Waals surface area contributed by atoms with Gasteiger partial charge in [-0.15, -0.1) is 0 Å². The zero-order chi connectivity index (χ0) is 38.6. The first kappa shape index (κ1) is 34.3. The fourth-order valence-electron chi connectivity index (χ4n) is 9.15. The molecule has 8 aromatic carbocycles. The number of para-hydroxylation sites is 3. The maximum absolute atomic E-state index is 4.60. The summed E-state index contributed by atoms with van der Waals surface area (Å²) in [5, 5.41) is 7.59. The molecule has 10 aromatic rings. The smallest absolute Gasteiger partial charge is 0.0542 e. The van der Waals surface area contributed by atoms with Crippen molar-refractivity contribution in [2.75, 3.05) is 0 Å². The quantitative estimate of drug-likeness (QED) is 0.151. The van der Waals surface area contributed by atoms with Gasteiger partial charge in [-0.2, -0.15) is 0 Å². The molecule has 0 amide bonds. The first-order valence-corrected chi connectivity index (χ1v) is 20.0. The van der Waals surface area contributed by atoms with E-state index in [-0.39, 0.29) is 0 Å². The van der Waals surface area contributed by atoms with E-state index in [0.717, 1.165) is 28.1 Å². The summed E-state index contributed by atoms with van der Waals surface area (Å²) in [7, 11) is 0. The minimum atomic E-state index is 0.985. The molecule has 2 heteroatoms. The molecule has 0 unspecified atom stereocenters. The molecule has 0 saturated heterocycles. The van der Waals surface area contributed by atoms with Crippen molar-refractivity contribution in [3.8, 4) is 11.4 Å². The second-order valence-corrected chi connectivity index (χ2v) is 14.6. The predicted molar refractivity (Wildman–Crippen MR) is 246 cm³/mol. The third kappa shape index (κ3) is 5.40. The second-order valence-electron chi connectivity index (χ2n) is 14.6. The van der Waals surface area contributed by atoms with Gasteiger partial charge < -0.3 is 9.13 Å². The molecule has 0 N–H and O–H groups in total. The number of rotatable bonds is 6. The van der Waals surface area contributed by atoms with Crippen molar-refractivity contribution in [1.29, 1.82) is 0 Å². The van der Waals surface area contributed by atoms with Crippen LogP contribution in [0.5, 0.6) is 0 Å². The van der Waals surface area contributed by atoms with Crippen LogP contribution in [0.2, 0.25) is 0 Å². The first-order valence-electron chi connectivity index (χ1n) is 20.0. The van der Waals surface area contributed by atoms with Gasteiger partial charge in [0.25, 0.3) is 0 Å². The molecule has 0 saturated carbocycles. The van der Waals surface area contributed by atoms with Gasteiger partial charge in [0.2, 0.25) is 0 Å². The molecule has 2 heterocycles. The van der Waals surface area contributed by atoms with Gasteiger partial charge in [0.1, 0.15) is 0 Å². The van der Waals surface area contributed by atoms with E-state index >= 15 is 0 Å². The molecule has 57 heavy (non-hydrogen) atoms. The summed E-state index contributed by atoms with van der Waals surface area (Å²) >= 11 is 0. The summed E-state index contributed by atoms with van der Waals surface area (Å²) < 4.78 is 4.84. The van der Waals surface area contributed by atoms with Crippen LogP contribution in [-0.2, 0) is 0 Å². The summed E-state index contributed by atoms with van der Waals surface area (Å²) in [6, 6.07) is 66.1. The molecule has 0 atom stereocenters. The molecule has 0 bridgehead atoms. The molecule has 2 aromatic heterocycles. The predicted octanol–water partition coefficient (Wildman–Crippen LogP) is 15.1. The van der Waals surface area contributed by atoms with Crippen LogP contribution in [0, 0.1) is 0 Å². The lowest BCUT2D eigenvalue weighted by molar-refractivity contribution is 1.16. The molecular weight excluding hydrogens is 689 g/mol. The minimum absolute atomic E-state index is 0.985. The number of hydrogen-bond acceptors (Lipinski definition) is 0. The van der Waals surface area contributed by atoms with Gasteiger partial charge in [0, 0.05) is 32.9 Å². The van der Waals surface area contributed by atoms with Crippen LogP contribution in [0.3, 0.4) is 0 Å². The average Bonchev–Trinajstić information content (AvgIpc) is 3.89. The Morgan fingerprint density at radius 2 is 0.965 bits per heavy atom. The van der Waals surface area contributed by atoms with E-state index in [0.29, 0.717) is 0 Å². The zero-order valence-corrected chi connectivity index (χ0v) is 32.5. The summed E-state index contributed by atoms with van der Waals surface area (Å²) in [5.41, 5.74) is 16.6. The summed E-state index contributed by atoms with van der Waals surface area (Å²) in [4.78, 5) is 0. The highest BCUT2D eigenvalue weighted by Crippen LogP contribution is 2.48. The van der Waals surface area contributed by atoms with Crippen molar-refractivity contribution in [3.63, 3.8) is 0 Å². The molecule has 272 valence electrons. The summed E-state index contributed by atoms with van der Waals surface area (Å²) in [5.74, 6) is 0. The lowest BCUT2D eigenvalue weighted by Crippen LogP contribution is -1.98. The summed E-state index contributed by atoms with van der Waals surface area (Å²) in [6.07, 6.45) is 2.29. The van der Waals surface area contributed by atoms with Gasteiger partial charge >= 0.3 is 0 Å². The third-order valence-corrected chi connectivity index (χ3v) is 11.6. The van der Waals surface area contributed by atoms with E-state index in [1.54, 1.807) is 0 Å². The standard InChI is InChI=1S/C53H36N2.C2H6/c1-34(36-15-4-3-5-16-36)31-46(52-35(2)41-24-13-17-37-18-14-25-45(52)53(37)41)38-19-12-20-39(32-38)54-50-28-11-8-23-44(50)47-33-40(29-30-51(47)54)55-48-26-9-6-21-42(48)43-22-7-10-27-49(43)55;1-2/h3-33H,1H2,2H3;1-2H3/b46-31-;. The Kier molecular flexibility index (Phi) is 8.34. The highest BCUT2D eigenvalue weighted by Gasteiger charge is 2.25. The fraction of sp³-hybridized carbons (Fsp3) is 0.0545. The van der Waals surface area contributed by atoms with E-state index in [2.05, 4.69) is 211 Å². The Labute approximate surface area is 333 Å². The van der Waals surface area contributed by atoms with Crippen LogP contribution in [0.15, 0.2) is 195 Å². The zero-order valence-electron chi connectivity index (χ0n) is 32.5. The van der Waals surface area contributed by atoms with Crippen molar-refractivity contribution >= 4 is 76.7 Å².